The fourth-order valence-corrected chi connectivity index (χ4v) is 4.97. The van der Waals surface area contributed by atoms with Crippen molar-refractivity contribution in [2.45, 2.75) is 57.2 Å². The summed E-state index contributed by atoms with van der Waals surface area (Å²) in [4.78, 5) is 5.22. The number of hydrogen-bond acceptors (Lipinski definition) is 4. The fourth-order valence-electron chi connectivity index (χ4n) is 4.67. The third kappa shape index (κ3) is 3.62. The number of para-hydroxylation sites is 1. The summed E-state index contributed by atoms with van der Waals surface area (Å²) in [6.07, 6.45) is 8.10. The van der Waals surface area contributed by atoms with Crippen LogP contribution < -0.4 is 0 Å². The van der Waals surface area contributed by atoms with E-state index in [0.29, 0.717) is 5.92 Å². The normalized spacial score (nSPS) is 22.5. The molecule has 1 aliphatic heterocycles. The summed E-state index contributed by atoms with van der Waals surface area (Å²) < 4.78 is 5.09. The van der Waals surface area contributed by atoms with Gasteiger partial charge in [0, 0.05) is 43.8 Å². The lowest BCUT2D eigenvalue weighted by atomic mass is 10.2. The van der Waals surface area contributed by atoms with Crippen LogP contribution in [0.1, 0.15) is 50.3 Å². The summed E-state index contributed by atoms with van der Waals surface area (Å²) in [7, 11) is 0. The molecule has 0 N–H and O–H groups in total. The van der Waals surface area contributed by atoms with E-state index < -0.39 is 0 Å². The van der Waals surface area contributed by atoms with Gasteiger partial charge in [0.2, 0.25) is 4.77 Å². The third-order valence-corrected chi connectivity index (χ3v) is 6.80. The molecular weight excluding hydrogens is 354 g/mol. The first-order chi connectivity index (χ1) is 13.3. The van der Waals surface area contributed by atoms with Gasteiger partial charge in [-0.1, -0.05) is 31.0 Å². The lowest BCUT2D eigenvalue weighted by Crippen LogP contribution is -2.49. The monoisotopic (exact) mass is 383 g/mol. The number of piperazine rings is 1. The maximum absolute atomic E-state index is 5.85. The van der Waals surface area contributed by atoms with Crippen LogP contribution in [0.4, 0.5) is 0 Å². The number of rotatable bonds is 5. The maximum atomic E-state index is 5.85. The van der Waals surface area contributed by atoms with Gasteiger partial charge >= 0.3 is 0 Å². The standard InChI is InChI=1S/C21H29N5S/c27-21-25(16-23-12-14-24(15-13-23)18-6-4-5-7-18)22-20(17-10-11-17)26(21)19-8-2-1-3-9-19/h1-3,8-9,17-18H,4-7,10-16H2. The summed E-state index contributed by atoms with van der Waals surface area (Å²) in [5.74, 6) is 1.73. The highest BCUT2D eigenvalue weighted by molar-refractivity contribution is 7.71. The lowest BCUT2D eigenvalue weighted by molar-refractivity contribution is 0.0756. The first-order valence-electron chi connectivity index (χ1n) is 10.5. The van der Waals surface area contributed by atoms with Gasteiger partial charge in [0.15, 0.2) is 0 Å². The van der Waals surface area contributed by atoms with Crippen LogP contribution in [0.5, 0.6) is 0 Å². The predicted octanol–water partition coefficient (Wildman–Crippen LogP) is 3.80. The molecule has 2 aromatic rings. The topological polar surface area (TPSA) is 29.2 Å². The van der Waals surface area contributed by atoms with E-state index >= 15 is 0 Å². The Kier molecular flexibility index (Phi) is 4.88. The highest BCUT2D eigenvalue weighted by Crippen LogP contribution is 2.40. The van der Waals surface area contributed by atoms with Crippen LogP contribution >= 0.6 is 12.2 Å². The van der Waals surface area contributed by atoms with E-state index in [1.54, 1.807) is 0 Å². The molecule has 0 atom stereocenters. The van der Waals surface area contributed by atoms with Crippen LogP contribution in [-0.4, -0.2) is 56.4 Å². The lowest BCUT2D eigenvalue weighted by Gasteiger charge is -2.37. The van der Waals surface area contributed by atoms with Crippen molar-refractivity contribution in [3.63, 3.8) is 0 Å². The van der Waals surface area contributed by atoms with Crippen molar-refractivity contribution in [2.24, 2.45) is 0 Å². The number of nitrogens with zero attached hydrogens (tertiary/aromatic N) is 5. The van der Waals surface area contributed by atoms with Crippen LogP contribution in [0, 0.1) is 4.77 Å². The molecule has 0 spiro atoms. The van der Waals surface area contributed by atoms with Gasteiger partial charge in [-0.05, 0) is 50.0 Å². The van der Waals surface area contributed by atoms with E-state index in [1.165, 1.54) is 51.6 Å². The van der Waals surface area contributed by atoms with Gasteiger partial charge in [-0.3, -0.25) is 14.4 Å². The molecule has 2 aliphatic carbocycles. The molecule has 27 heavy (non-hydrogen) atoms. The molecule has 0 bridgehead atoms. The van der Waals surface area contributed by atoms with Crippen LogP contribution in [0.2, 0.25) is 0 Å². The largest absolute Gasteiger partial charge is 0.298 e. The Bertz CT molecular complexity index is 824. The predicted molar refractivity (Wildman–Crippen MR) is 110 cm³/mol. The van der Waals surface area contributed by atoms with Crippen molar-refractivity contribution < 1.29 is 0 Å². The Labute approximate surface area is 166 Å². The quantitative estimate of drug-likeness (QED) is 0.735. The molecule has 2 heterocycles. The highest BCUT2D eigenvalue weighted by atomic mass is 32.1. The van der Waals surface area contributed by atoms with Gasteiger partial charge in [0.1, 0.15) is 5.82 Å². The third-order valence-electron chi connectivity index (χ3n) is 6.40. The average Bonchev–Trinajstić information content (AvgIpc) is 3.30. The van der Waals surface area contributed by atoms with Crippen LogP contribution in [0.3, 0.4) is 0 Å². The zero-order valence-corrected chi connectivity index (χ0v) is 16.8. The average molecular weight is 384 g/mol. The van der Waals surface area contributed by atoms with Crippen molar-refractivity contribution in [1.29, 1.82) is 0 Å². The number of benzene rings is 1. The zero-order chi connectivity index (χ0) is 18.2. The minimum Gasteiger partial charge on any atom is -0.298 e. The van der Waals surface area contributed by atoms with Gasteiger partial charge in [-0.25, -0.2) is 4.68 Å². The van der Waals surface area contributed by atoms with Crippen LogP contribution in [-0.2, 0) is 6.67 Å². The Morgan fingerprint density at radius 3 is 2.30 bits per heavy atom. The smallest absolute Gasteiger partial charge is 0.203 e. The van der Waals surface area contributed by atoms with E-state index in [1.807, 2.05) is 0 Å². The molecule has 2 saturated carbocycles. The first kappa shape index (κ1) is 17.6. The van der Waals surface area contributed by atoms with E-state index in [0.717, 1.165) is 42.1 Å². The van der Waals surface area contributed by atoms with Gasteiger partial charge in [0.25, 0.3) is 0 Å². The Hall–Kier alpha value is -1.50. The van der Waals surface area contributed by atoms with Crippen molar-refractivity contribution in [3.05, 3.63) is 40.9 Å². The molecule has 1 aromatic carbocycles. The van der Waals surface area contributed by atoms with Gasteiger partial charge in [0.05, 0.1) is 6.67 Å². The van der Waals surface area contributed by atoms with Gasteiger partial charge in [-0.2, -0.15) is 5.10 Å². The molecule has 1 aromatic heterocycles. The van der Waals surface area contributed by atoms with Gasteiger partial charge < -0.3 is 0 Å². The Morgan fingerprint density at radius 1 is 0.926 bits per heavy atom. The van der Waals surface area contributed by atoms with Gasteiger partial charge in [-0.15, -0.1) is 0 Å². The summed E-state index contributed by atoms with van der Waals surface area (Å²) in [5.41, 5.74) is 1.14. The molecule has 5 nitrogen and oxygen atoms in total. The Morgan fingerprint density at radius 2 is 1.63 bits per heavy atom. The molecule has 3 fully saturated rings. The molecule has 5 rings (SSSR count). The molecule has 3 aliphatic rings. The SMILES string of the molecule is S=c1n(CN2CCN(C3CCCC3)CC2)nc(C2CC2)n1-c1ccccc1. The van der Waals surface area contributed by atoms with E-state index in [-0.39, 0.29) is 0 Å². The van der Waals surface area contributed by atoms with E-state index in [2.05, 4.69) is 49.4 Å². The van der Waals surface area contributed by atoms with Crippen LogP contribution in [0.25, 0.3) is 5.69 Å². The summed E-state index contributed by atoms with van der Waals surface area (Å²) in [6.45, 7) is 5.43. The molecule has 0 radical (unpaired) electrons. The van der Waals surface area contributed by atoms with Crippen molar-refractivity contribution in [2.75, 3.05) is 26.2 Å². The highest BCUT2D eigenvalue weighted by Gasteiger charge is 2.31. The van der Waals surface area contributed by atoms with E-state index in [9.17, 15) is 0 Å². The van der Waals surface area contributed by atoms with Crippen molar-refractivity contribution in [3.8, 4) is 5.69 Å². The van der Waals surface area contributed by atoms with Crippen LogP contribution in [0.15, 0.2) is 30.3 Å². The Balaban J connectivity index is 1.32. The second-order valence-corrected chi connectivity index (χ2v) is 8.68. The molecular formula is C21H29N5S. The summed E-state index contributed by atoms with van der Waals surface area (Å²) in [6, 6.07) is 11.3. The number of aromatic nitrogens is 3. The second kappa shape index (κ2) is 7.49. The fraction of sp³-hybridized carbons (Fsp3) is 0.619. The zero-order valence-electron chi connectivity index (χ0n) is 16.0. The molecule has 1 saturated heterocycles. The second-order valence-electron chi connectivity index (χ2n) is 8.32. The van der Waals surface area contributed by atoms with Crippen molar-refractivity contribution in [1.82, 2.24) is 24.1 Å². The van der Waals surface area contributed by atoms with E-state index in [4.69, 9.17) is 17.3 Å². The summed E-state index contributed by atoms with van der Waals surface area (Å²) >= 11 is 5.85. The minimum atomic E-state index is 0.576. The number of hydrogen-bond donors (Lipinski definition) is 0. The molecule has 144 valence electrons. The molecule has 0 unspecified atom stereocenters. The minimum absolute atomic E-state index is 0.576. The molecule has 0 amide bonds. The first-order valence-corrected chi connectivity index (χ1v) is 10.9. The maximum Gasteiger partial charge on any atom is 0.203 e. The molecule has 6 heteroatoms. The summed E-state index contributed by atoms with van der Waals surface area (Å²) in [5, 5.41) is 4.96. The van der Waals surface area contributed by atoms with Crippen molar-refractivity contribution >= 4 is 12.2 Å².